The lowest BCUT2D eigenvalue weighted by molar-refractivity contribution is 0.0972. The number of benzene rings is 1. The number of hydrogen-bond donors (Lipinski definition) is 2. The van der Waals surface area contributed by atoms with Crippen LogP contribution >= 0.6 is 0 Å². The Kier molecular flexibility index (Phi) is 6.13. The molecule has 1 saturated heterocycles. The monoisotopic (exact) mass is 391 g/mol. The number of guanidine groups is 1. The number of furan rings is 1. The molecule has 3 N–H and O–H groups in total. The maximum atomic E-state index is 14.0. The number of rotatable bonds is 5. The lowest BCUT2D eigenvalue weighted by Gasteiger charge is -2.37. The minimum Gasteiger partial charge on any atom is -0.454 e. The third-order valence-electron chi connectivity index (χ3n) is 4.45. The molecule has 1 aromatic carbocycles. The average Bonchev–Trinajstić information content (AvgIpc) is 3.17. The van der Waals surface area contributed by atoms with E-state index in [-0.39, 0.29) is 18.0 Å². The summed E-state index contributed by atoms with van der Waals surface area (Å²) in [6.07, 6.45) is 0. The Morgan fingerprint density at radius 3 is 2.61 bits per heavy atom. The highest BCUT2D eigenvalue weighted by Crippen LogP contribution is 2.22. The van der Waals surface area contributed by atoms with Crippen molar-refractivity contribution < 1.29 is 18.0 Å². The van der Waals surface area contributed by atoms with Gasteiger partial charge in [-0.3, -0.25) is 4.79 Å². The first-order valence-electron chi connectivity index (χ1n) is 9.09. The van der Waals surface area contributed by atoms with Crippen LogP contribution < -0.4 is 16.0 Å². The first-order chi connectivity index (χ1) is 13.5. The van der Waals surface area contributed by atoms with E-state index in [2.05, 4.69) is 15.2 Å². The summed E-state index contributed by atoms with van der Waals surface area (Å²) in [5.74, 6) is -0.187. The number of amides is 1. The first kappa shape index (κ1) is 19.7. The van der Waals surface area contributed by atoms with Gasteiger partial charge in [-0.15, -0.1) is 0 Å². The van der Waals surface area contributed by atoms with Crippen LogP contribution in [0.25, 0.3) is 0 Å². The number of anilines is 1. The van der Waals surface area contributed by atoms with Gasteiger partial charge >= 0.3 is 0 Å². The highest BCUT2D eigenvalue weighted by Gasteiger charge is 2.22. The summed E-state index contributed by atoms with van der Waals surface area (Å²) in [6.45, 7) is 5.19. The van der Waals surface area contributed by atoms with Crippen molar-refractivity contribution in [2.24, 2.45) is 10.7 Å². The third kappa shape index (κ3) is 4.59. The summed E-state index contributed by atoms with van der Waals surface area (Å²) in [7, 11) is 0. The Hall–Kier alpha value is -3.10. The second-order valence-corrected chi connectivity index (χ2v) is 6.37. The fraction of sp³-hybridized carbons (Fsp3) is 0.368. The maximum Gasteiger partial charge on any atom is 0.284 e. The van der Waals surface area contributed by atoms with Gasteiger partial charge in [0.25, 0.3) is 5.91 Å². The zero-order valence-electron chi connectivity index (χ0n) is 15.6. The molecule has 150 valence electrons. The molecule has 0 radical (unpaired) electrons. The molecule has 1 fully saturated rings. The summed E-state index contributed by atoms with van der Waals surface area (Å²) in [5.41, 5.74) is 5.46. The van der Waals surface area contributed by atoms with Crippen LogP contribution in [0.5, 0.6) is 0 Å². The number of piperazine rings is 1. The molecule has 1 aromatic heterocycles. The molecule has 0 atom stereocenters. The summed E-state index contributed by atoms with van der Waals surface area (Å²) >= 11 is 0. The van der Waals surface area contributed by atoms with Crippen molar-refractivity contribution >= 4 is 17.6 Å². The molecular weight excluding hydrogens is 368 g/mol. The molecule has 0 saturated carbocycles. The van der Waals surface area contributed by atoms with Crippen molar-refractivity contribution in [3.63, 3.8) is 0 Å². The van der Waals surface area contributed by atoms with E-state index in [9.17, 15) is 13.6 Å². The van der Waals surface area contributed by atoms with Crippen molar-refractivity contribution in [1.82, 2.24) is 10.2 Å². The largest absolute Gasteiger partial charge is 0.454 e. The predicted molar refractivity (Wildman–Crippen MR) is 102 cm³/mol. The van der Waals surface area contributed by atoms with Crippen LogP contribution in [-0.2, 0) is 6.54 Å². The number of nitrogens with zero attached hydrogens (tertiary/aromatic N) is 3. The normalized spacial score (nSPS) is 15.0. The van der Waals surface area contributed by atoms with Gasteiger partial charge in [-0.25, -0.2) is 13.8 Å². The highest BCUT2D eigenvalue weighted by atomic mass is 19.1. The Morgan fingerprint density at radius 2 is 1.96 bits per heavy atom. The molecule has 2 heterocycles. The molecular formula is C19H23F2N5O2. The number of primary amides is 1. The molecule has 9 heteroatoms. The lowest BCUT2D eigenvalue weighted by atomic mass is 10.2. The third-order valence-corrected chi connectivity index (χ3v) is 4.45. The smallest absolute Gasteiger partial charge is 0.284 e. The van der Waals surface area contributed by atoms with E-state index in [0.29, 0.717) is 44.4 Å². The second-order valence-electron chi connectivity index (χ2n) is 6.37. The van der Waals surface area contributed by atoms with E-state index in [4.69, 9.17) is 10.2 Å². The Morgan fingerprint density at radius 1 is 1.21 bits per heavy atom. The zero-order chi connectivity index (χ0) is 20.1. The minimum atomic E-state index is -0.622. The molecule has 0 spiro atoms. The molecule has 1 aliphatic heterocycles. The van der Waals surface area contributed by atoms with E-state index in [1.54, 1.807) is 6.07 Å². The van der Waals surface area contributed by atoms with Gasteiger partial charge < -0.3 is 25.3 Å². The van der Waals surface area contributed by atoms with Crippen molar-refractivity contribution in [1.29, 1.82) is 0 Å². The average molecular weight is 391 g/mol. The zero-order valence-corrected chi connectivity index (χ0v) is 15.6. The highest BCUT2D eigenvalue weighted by molar-refractivity contribution is 5.89. The predicted octanol–water partition coefficient (Wildman–Crippen LogP) is 1.94. The van der Waals surface area contributed by atoms with E-state index in [1.807, 2.05) is 11.8 Å². The quantitative estimate of drug-likeness (QED) is 0.601. The van der Waals surface area contributed by atoms with Gasteiger partial charge in [0.1, 0.15) is 23.9 Å². The standard InChI is InChI=1S/C19H23F2N5O2/c1-2-23-19(24-12-14-4-6-17(28-14)18(22)27)26-9-7-25(8-10-26)16-11-13(20)3-5-15(16)21/h3-6,11H,2,7-10,12H2,1H3,(H2,22,27)(H,23,24). The molecule has 28 heavy (non-hydrogen) atoms. The Balaban J connectivity index is 1.65. The van der Waals surface area contributed by atoms with Crippen LogP contribution in [0.15, 0.2) is 39.7 Å². The number of nitrogens with one attached hydrogen (secondary N) is 1. The molecule has 1 aliphatic rings. The summed E-state index contributed by atoms with van der Waals surface area (Å²) in [6, 6.07) is 6.66. The van der Waals surface area contributed by atoms with Gasteiger partial charge in [0.15, 0.2) is 11.7 Å². The van der Waals surface area contributed by atoms with Crippen LogP contribution in [0, 0.1) is 11.6 Å². The topological polar surface area (TPSA) is 87.1 Å². The van der Waals surface area contributed by atoms with Crippen LogP contribution in [0.2, 0.25) is 0 Å². The number of carbonyl (C=O) groups excluding carboxylic acids is 1. The van der Waals surface area contributed by atoms with Gasteiger partial charge in [-0.1, -0.05) is 0 Å². The van der Waals surface area contributed by atoms with Gasteiger partial charge in [0.05, 0.1) is 5.69 Å². The van der Waals surface area contributed by atoms with Gasteiger partial charge in [0, 0.05) is 38.8 Å². The first-order valence-corrected chi connectivity index (χ1v) is 9.09. The molecule has 7 nitrogen and oxygen atoms in total. The fourth-order valence-electron chi connectivity index (χ4n) is 3.06. The summed E-state index contributed by atoms with van der Waals surface area (Å²) in [5, 5.41) is 3.22. The maximum absolute atomic E-state index is 14.0. The minimum absolute atomic E-state index is 0.0981. The number of carbonyl (C=O) groups is 1. The van der Waals surface area contributed by atoms with Crippen LogP contribution in [0.4, 0.5) is 14.5 Å². The van der Waals surface area contributed by atoms with Gasteiger partial charge in [-0.2, -0.15) is 0 Å². The van der Waals surface area contributed by atoms with Crippen molar-refractivity contribution in [2.75, 3.05) is 37.6 Å². The Labute approximate surface area is 161 Å². The molecule has 1 amide bonds. The van der Waals surface area contributed by atoms with Crippen LogP contribution in [0.1, 0.15) is 23.2 Å². The van der Waals surface area contributed by atoms with E-state index in [1.165, 1.54) is 12.1 Å². The van der Waals surface area contributed by atoms with Gasteiger partial charge in [-0.05, 0) is 31.2 Å². The second kappa shape index (κ2) is 8.73. The number of nitrogens with two attached hydrogens (primary N) is 1. The summed E-state index contributed by atoms with van der Waals surface area (Å²) in [4.78, 5) is 19.5. The van der Waals surface area contributed by atoms with E-state index < -0.39 is 17.5 Å². The molecule has 0 bridgehead atoms. The fourth-order valence-corrected chi connectivity index (χ4v) is 3.06. The molecule has 0 unspecified atom stereocenters. The van der Waals surface area contributed by atoms with Crippen LogP contribution in [0.3, 0.4) is 0 Å². The number of halogens is 2. The van der Waals surface area contributed by atoms with Crippen LogP contribution in [-0.4, -0.2) is 49.5 Å². The SMILES string of the molecule is CCNC(=NCc1ccc(C(N)=O)o1)N1CCN(c2cc(F)ccc2F)CC1. The summed E-state index contributed by atoms with van der Waals surface area (Å²) < 4.78 is 32.8. The van der Waals surface area contributed by atoms with E-state index >= 15 is 0 Å². The number of hydrogen-bond acceptors (Lipinski definition) is 4. The molecule has 0 aliphatic carbocycles. The van der Waals surface area contributed by atoms with Gasteiger partial charge in [0.2, 0.25) is 0 Å². The molecule has 3 rings (SSSR count). The van der Waals surface area contributed by atoms with Crippen molar-refractivity contribution in [3.05, 3.63) is 53.5 Å². The van der Waals surface area contributed by atoms with Crippen molar-refractivity contribution in [2.45, 2.75) is 13.5 Å². The Bertz CT molecular complexity index is 860. The lowest BCUT2D eigenvalue weighted by Crippen LogP contribution is -2.52. The van der Waals surface area contributed by atoms with Crippen molar-refractivity contribution in [3.8, 4) is 0 Å². The number of aliphatic imine (C=N–C) groups is 1. The van der Waals surface area contributed by atoms with E-state index in [0.717, 1.165) is 12.1 Å². The molecule has 2 aromatic rings.